The Morgan fingerprint density at radius 1 is 1.08 bits per heavy atom. The summed E-state index contributed by atoms with van der Waals surface area (Å²) in [5, 5.41) is 6.73. The fraction of sp³-hybridized carbons (Fsp3) is 0.605. The normalized spacial score (nSPS) is 29.8. The number of allylic oxidation sites excluding steroid dienone is 1. The predicted molar refractivity (Wildman–Crippen MR) is 186 cm³/mol. The van der Waals surface area contributed by atoms with Crippen LogP contribution in [0.1, 0.15) is 77.6 Å². The van der Waals surface area contributed by atoms with Gasteiger partial charge in [0.05, 0.1) is 25.6 Å². The van der Waals surface area contributed by atoms with Crippen LogP contribution in [0.3, 0.4) is 0 Å². The molecule has 1 saturated heterocycles. The van der Waals surface area contributed by atoms with Gasteiger partial charge in [0, 0.05) is 30.7 Å². The molecule has 6 atom stereocenters. The fourth-order valence-corrected chi connectivity index (χ4v) is 7.67. The molecule has 14 nitrogen and oxygen atoms in total. The number of rotatable bonds is 8. The third-order valence-corrected chi connectivity index (χ3v) is 10.6. The van der Waals surface area contributed by atoms with Crippen LogP contribution < -0.4 is 25.9 Å². The van der Waals surface area contributed by atoms with Crippen LogP contribution in [0.25, 0.3) is 5.76 Å². The van der Waals surface area contributed by atoms with Crippen molar-refractivity contribution in [3.63, 3.8) is 0 Å². The van der Waals surface area contributed by atoms with Gasteiger partial charge in [-0.05, 0) is 70.4 Å². The summed E-state index contributed by atoms with van der Waals surface area (Å²) in [6.07, 6.45) is 8.69. The van der Waals surface area contributed by atoms with Crippen molar-refractivity contribution in [2.75, 3.05) is 27.4 Å². The number of benzene rings is 1. The maximum Gasteiger partial charge on any atom is 0.408 e. The van der Waals surface area contributed by atoms with E-state index in [4.69, 9.17) is 23.7 Å². The lowest BCUT2D eigenvalue weighted by Crippen LogP contribution is -2.56. The number of hydrogen-bond donors (Lipinski definition) is 2. The Hall–Kier alpha value is -4.68. The molecule has 6 rings (SSSR count). The van der Waals surface area contributed by atoms with Gasteiger partial charge in [-0.3, -0.25) is 9.59 Å². The van der Waals surface area contributed by atoms with Crippen LogP contribution in [0.4, 0.5) is 4.79 Å². The van der Waals surface area contributed by atoms with Gasteiger partial charge in [0.2, 0.25) is 11.8 Å². The highest BCUT2D eigenvalue weighted by atomic mass is 16.6. The summed E-state index contributed by atoms with van der Waals surface area (Å²) in [5.74, 6) is 0.844. The Labute approximate surface area is 302 Å². The van der Waals surface area contributed by atoms with Crippen molar-refractivity contribution in [3.8, 4) is 5.75 Å². The van der Waals surface area contributed by atoms with E-state index in [1.807, 2.05) is 18.1 Å². The van der Waals surface area contributed by atoms with Crippen LogP contribution in [0, 0.1) is 5.92 Å². The summed E-state index contributed by atoms with van der Waals surface area (Å²) in [6.45, 7) is 1.81. The average Bonchev–Trinajstić information content (AvgIpc) is 3.42. The third-order valence-electron chi connectivity index (χ3n) is 10.6. The Kier molecular flexibility index (Phi) is 11.6. The number of nitrogens with zero attached hydrogens (tertiary/aromatic N) is 2. The molecule has 2 N–H and O–H groups in total. The molecule has 5 aliphatic rings. The van der Waals surface area contributed by atoms with E-state index in [9.17, 15) is 24.0 Å². The van der Waals surface area contributed by atoms with Gasteiger partial charge in [-0.1, -0.05) is 25.0 Å². The van der Waals surface area contributed by atoms with Crippen LogP contribution >= 0.6 is 0 Å². The van der Waals surface area contributed by atoms with Crippen molar-refractivity contribution < 1.29 is 47.7 Å². The maximum absolute atomic E-state index is 14.5. The Morgan fingerprint density at radius 2 is 1.87 bits per heavy atom. The highest BCUT2D eigenvalue weighted by Crippen LogP contribution is 2.46. The minimum absolute atomic E-state index is 0.0310. The number of amides is 3. The van der Waals surface area contributed by atoms with E-state index in [0.29, 0.717) is 35.6 Å². The molecule has 0 bridgehead atoms. The summed E-state index contributed by atoms with van der Waals surface area (Å²) in [4.78, 5) is 73.4. The van der Waals surface area contributed by atoms with Gasteiger partial charge in [0.1, 0.15) is 52.9 Å². The molecule has 280 valence electrons. The first kappa shape index (κ1) is 37.1. The zero-order valence-corrected chi connectivity index (χ0v) is 30.0. The SMILES string of the molecule is CCOC(=O)[C@@]12C[C@H]1/C=C\CCCCC[C@H](NC(=O)OC1CCCC1)C(=O)N1C[C@H](OC3=c4ccc(OC)cc4=NC(OC)C3=C=O)C[C@H]1C(=O)N2. The monoisotopic (exact) mass is 720 g/mol. The zero-order valence-electron chi connectivity index (χ0n) is 30.0. The van der Waals surface area contributed by atoms with E-state index < -0.39 is 53.8 Å². The molecule has 3 aliphatic heterocycles. The van der Waals surface area contributed by atoms with E-state index in [1.165, 1.54) is 19.1 Å². The standard InChI is InChI=1S/C38H48N4O10/c1-4-50-36(46)38-20-23(38)12-8-6-5-7-9-15-29(40-37(47)52-24-13-10-11-14-24)35(45)42-21-26(19-31(42)33(44)41-38)51-32-27-17-16-25(48-2)18-30(27)39-34(49-3)28(32)22-43/h8,12,16-18,23-24,26,29,31,34H,4-7,9-11,13-15,19-21H2,1-3H3,(H,40,47)(H,41,44)/b12-8-/t23-,26-,29+,31+,34?,38-/m1/s1. The maximum atomic E-state index is 14.5. The van der Waals surface area contributed by atoms with E-state index >= 15 is 0 Å². The van der Waals surface area contributed by atoms with Crippen LogP contribution in [0.5, 0.6) is 5.75 Å². The number of methoxy groups -OCH3 is 2. The smallest absolute Gasteiger partial charge is 0.408 e. The van der Waals surface area contributed by atoms with Crippen molar-refractivity contribution >= 4 is 35.6 Å². The first-order valence-electron chi connectivity index (χ1n) is 18.4. The molecule has 3 fully saturated rings. The van der Waals surface area contributed by atoms with E-state index in [-0.39, 0.29) is 42.9 Å². The molecule has 2 aliphatic carbocycles. The van der Waals surface area contributed by atoms with Gasteiger partial charge in [-0.25, -0.2) is 19.4 Å². The fourth-order valence-electron chi connectivity index (χ4n) is 7.67. The third kappa shape index (κ3) is 7.88. The Bertz CT molecular complexity index is 1750. The summed E-state index contributed by atoms with van der Waals surface area (Å²) in [6, 6.07) is 3.08. The van der Waals surface area contributed by atoms with Crippen LogP contribution in [0.2, 0.25) is 0 Å². The lowest BCUT2D eigenvalue weighted by Gasteiger charge is -2.29. The lowest BCUT2D eigenvalue weighted by atomic mass is 10.0. The first-order valence-corrected chi connectivity index (χ1v) is 18.4. The summed E-state index contributed by atoms with van der Waals surface area (Å²) in [5.41, 5.74) is -1.22. The van der Waals surface area contributed by atoms with Gasteiger partial charge in [-0.2, -0.15) is 0 Å². The predicted octanol–water partition coefficient (Wildman–Crippen LogP) is 2.15. The van der Waals surface area contributed by atoms with Crippen molar-refractivity contribution in [3.05, 3.63) is 46.5 Å². The van der Waals surface area contributed by atoms with Crippen molar-refractivity contribution in [1.29, 1.82) is 0 Å². The van der Waals surface area contributed by atoms with Crippen molar-refractivity contribution in [2.24, 2.45) is 10.9 Å². The molecule has 0 spiro atoms. The molecule has 3 heterocycles. The molecule has 2 saturated carbocycles. The topological polar surface area (TPSA) is 171 Å². The van der Waals surface area contributed by atoms with Crippen molar-refractivity contribution in [1.82, 2.24) is 15.5 Å². The van der Waals surface area contributed by atoms with Gasteiger partial charge >= 0.3 is 12.1 Å². The molecule has 1 aromatic carbocycles. The number of nitrogens with one attached hydrogen (secondary N) is 2. The van der Waals surface area contributed by atoms with Gasteiger partial charge in [0.25, 0.3) is 0 Å². The minimum atomic E-state index is -1.25. The first-order chi connectivity index (χ1) is 25.2. The number of carbonyl (C=O) groups is 4. The van der Waals surface area contributed by atoms with Gasteiger partial charge in [-0.15, -0.1) is 0 Å². The number of ether oxygens (including phenoxy) is 5. The quantitative estimate of drug-likeness (QED) is 0.231. The highest BCUT2D eigenvalue weighted by molar-refractivity contribution is 5.96. The van der Waals surface area contributed by atoms with Gasteiger partial charge in [0.15, 0.2) is 6.23 Å². The van der Waals surface area contributed by atoms with Crippen LogP contribution in [0.15, 0.2) is 40.9 Å². The second-order valence-electron chi connectivity index (χ2n) is 14.0. The minimum Gasteiger partial charge on any atom is -0.497 e. The molecule has 52 heavy (non-hydrogen) atoms. The number of alkyl carbamates (subject to hydrolysis) is 1. The van der Waals surface area contributed by atoms with E-state index in [2.05, 4.69) is 15.6 Å². The van der Waals surface area contributed by atoms with E-state index in [0.717, 1.165) is 44.9 Å². The highest BCUT2D eigenvalue weighted by Gasteiger charge is 2.62. The van der Waals surface area contributed by atoms with Crippen molar-refractivity contribution in [2.45, 2.75) is 114 Å². The Balaban J connectivity index is 1.33. The van der Waals surface area contributed by atoms with Gasteiger partial charge < -0.3 is 39.2 Å². The molecular weight excluding hydrogens is 672 g/mol. The molecule has 1 aromatic rings. The second kappa shape index (κ2) is 16.3. The number of carbonyl (C=O) groups excluding carboxylic acids is 5. The summed E-state index contributed by atoms with van der Waals surface area (Å²) < 4.78 is 28.5. The summed E-state index contributed by atoms with van der Waals surface area (Å²) >= 11 is 0. The zero-order chi connectivity index (χ0) is 36.8. The molecular formula is C38H48N4O10. The molecule has 3 amide bonds. The molecule has 1 unspecified atom stereocenters. The summed E-state index contributed by atoms with van der Waals surface area (Å²) in [7, 11) is 2.94. The molecule has 14 heteroatoms. The lowest BCUT2D eigenvalue weighted by molar-refractivity contribution is -0.150. The van der Waals surface area contributed by atoms with Crippen LogP contribution in [-0.2, 0) is 38.1 Å². The average molecular weight is 721 g/mol. The molecule has 0 aromatic heterocycles. The number of esters is 1. The molecule has 0 radical (unpaired) electrons. The Morgan fingerprint density at radius 3 is 2.60 bits per heavy atom. The number of hydrogen-bond acceptors (Lipinski definition) is 11. The largest absolute Gasteiger partial charge is 0.497 e. The van der Waals surface area contributed by atoms with Crippen LogP contribution in [-0.4, -0.2) is 98.1 Å². The van der Waals surface area contributed by atoms with E-state index in [1.54, 1.807) is 25.1 Å². The number of fused-ring (bicyclic) bond motifs is 3. The second-order valence-corrected chi connectivity index (χ2v) is 14.0.